The minimum atomic E-state index is -0.642. The largest absolute Gasteiger partial charge is 0.386 e. The van der Waals surface area contributed by atoms with Crippen molar-refractivity contribution in [1.82, 2.24) is 14.5 Å². The Kier molecular flexibility index (Phi) is 3.36. The molecule has 2 aromatic rings. The summed E-state index contributed by atoms with van der Waals surface area (Å²) < 4.78 is 2.71. The molecule has 4 nitrogen and oxygen atoms in total. The highest BCUT2D eigenvalue weighted by Gasteiger charge is 2.15. The third-order valence-corrected chi connectivity index (χ3v) is 3.07. The van der Waals surface area contributed by atoms with E-state index in [2.05, 4.69) is 25.9 Å². The highest BCUT2D eigenvalue weighted by atomic mass is 79.9. The quantitative estimate of drug-likeness (QED) is 0.934. The van der Waals surface area contributed by atoms with Crippen LogP contribution >= 0.6 is 15.9 Å². The zero-order chi connectivity index (χ0) is 11.5. The van der Waals surface area contributed by atoms with Crippen LogP contribution in [0.2, 0.25) is 0 Å². The van der Waals surface area contributed by atoms with Gasteiger partial charge in [0, 0.05) is 36.5 Å². The smallest absolute Gasteiger partial charge is 0.111 e. The summed E-state index contributed by atoms with van der Waals surface area (Å²) in [7, 11) is 1.91. The predicted octanol–water partition coefficient (Wildman–Crippen LogP) is 1.85. The summed E-state index contributed by atoms with van der Waals surface area (Å²) in [5.74, 6) is 0.838. The first-order valence-corrected chi connectivity index (χ1v) is 5.72. The van der Waals surface area contributed by atoms with Gasteiger partial charge in [0.1, 0.15) is 11.9 Å². The molecule has 0 fully saturated rings. The van der Waals surface area contributed by atoms with Crippen LogP contribution in [-0.4, -0.2) is 19.6 Å². The van der Waals surface area contributed by atoms with Crippen molar-refractivity contribution < 1.29 is 5.11 Å². The molecule has 1 N–H and O–H groups in total. The van der Waals surface area contributed by atoms with Gasteiger partial charge < -0.3 is 9.67 Å². The molecular weight excluding hydrogens is 270 g/mol. The Hall–Kier alpha value is -1.20. The van der Waals surface area contributed by atoms with E-state index in [0.29, 0.717) is 12.1 Å². The maximum absolute atomic E-state index is 10.1. The molecule has 0 aliphatic heterocycles. The Morgan fingerprint density at radius 2 is 2.25 bits per heavy atom. The van der Waals surface area contributed by atoms with Gasteiger partial charge in [-0.1, -0.05) is 0 Å². The van der Waals surface area contributed by atoms with E-state index in [0.717, 1.165) is 10.3 Å². The first kappa shape index (κ1) is 11.3. The molecule has 2 aromatic heterocycles. The van der Waals surface area contributed by atoms with Crippen LogP contribution in [0.3, 0.4) is 0 Å². The first-order chi connectivity index (χ1) is 7.68. The average molecular weight is 282 g/mol. The van der Waals surface area contributed by atoms with E-state index in [4.69, 9.17) is 0 Å². The molecule has 0 saturated heterocycles. The molecule has 0 saturated carbocycles. The van der Waals surface area contributed by atoms with Crippen molar-refractivity contribution in [2.75, 3.05) is 0 Å². The predicted molar refractivity (Wildman–Crippen MR) is 63.8 cm³/mol. The lowest BCUT2D eigenvalue weighted by atomic mass is 10.1. The molecule has 16 heavy (non-hydrogen) atoms. The number of halogens is 1. The van der Waals surface area contributed by atoms with Crippen molar-refractivity contribution in [3.05, 3.63) is 46.7 Å². The molecule has 0 aliphatic carbocycles. The second kappa shape index (κ2) is 4.76. The second-order valence-electron chi connectivity index (χ2n) is 3.54. The van der Waals surface area contributed by atoms with Crippen molar-refractivity contribution in [1.29, 1.82) is 0 Å². The highest BCUT2D eigenvalue weighted by Crippen LogP contribution is 2.22. The van der Waals surface area contributed by atoms with Gasteiger partial charge in [0.25, 0.3) is 0 Å². The Morgan fingerprint density at radius 3 is 2.88 bits per heavy atom. The average Bonchev–Trinajstić information content (AvgIpc) is 2.65. The standard InChI is InChI=1S/C11H12BrN3O/c1-15-6-5-13-10(15)7-9(16)11-8(12)3-2-4-14-11/h2-6,9,16H,7H2,1H3. The van der Waals surface area contributed by atoms with E-state index in [9.17, 15) is 5.11 Å². The lowest BCUT2D eigenvalue weighted by molar-refractivity contribution is 0.169. The van der Waals surface area contributed by atoms with E-state index in [-0.39, 0.29) is 0 Å². The third kappa shape index (κ3) is 2.31. The summed E-state index contributed by atoms with van der Waals surface area (Å²) in [5, 5.41) is 10.1. The fraction of sp³-hybridized carbons (Fsp3) is 0.273. The first-order valence-electron chi connectivity index (χ1n) is 4.93. The van der Waals surface area contributed by atoms with Crippen molar-refractivity contribution >= 4 is 15.9 Å². The van der Waals surface area contributed by atoms with Crippen LogP contribution in [0.4, 0.5) is 0 Å². The number of aryl methyl sites for hydroxylation is 1. The Labute approximate surface area is 102 Å². The SMILES string of the molecule is Cn1ccnc1CC(O)c1ncccc1Br. The number of hydrogen-bond donors (Lipinski definition) is 1. The zero-order valence-corrected chi connectivity index (χ0v) is 10.4. The van der Waals surface area contributed by atoms with Gasteiger partial charge >= 0.3 is 0 Å². The molecule has 0 amide bonds. The Balaban J connectivity index is 2.18. The molecule has 0 radical (unpaired) electrons. The van der Waals surface area contributed by atoms with Gasteiger partial charge in [-0.05, 0) is 28.1 Å². The van der Waals surface area contributed by atoms with Crippen LogP contribution in [0.15, 0.2) is 35.2 Å². The molecule has 0 spiro atoms. The molecule has 0 aromatic carbocycles. The Morgan fingerprint density at radius 1 is 1.44 bits per heavy atom. The van der Waals surface area contributed by atoms with Crippen LogP contribution < -0.4 is 0 Å². The number of rotatable bonds is 3. The summed E-state index contributed by atoms with van der Waals surface area (Å²) in [5.41, 5.74) is 0.644. The normalized spacial score (nSPS) is 12.7. The summed E-state index contributed by atoms with van der Waals surface area (Å²) in [6, 6.07) is 3.69. The van der Waals surface area contributed by atoms with Crippen molar-refractivity contribution in [2.24, 2.45) is 7.05 Å². The molecule has 2 rings (SSSR count). The number of aliphatic hydroxyl groups is 1. The fourth-order valence-corrected chi connectivity index (χ4v) is 2.03. The summed E-state index contributed by atoms with van der Waals surface area (Å²) in [4.78, 5) is 8.33. The summed E-state index contributed by atoms with van der Waals surface area (Å²) in [6.07, 6.45) is 5.06. The number of aliphatic hydroxyl groups excluding tert-OH is 1. The molecular formula is C11H12BrN3O. The summed E-state index contributed by atoms with van der Waals surface area (Å²) >= 11 is 3.37. The van der Waals surface area contributed by atoms with Crippen LogP contribution in [0.25, 0.3) is 0 Å². The molecule has 5 heteroatoms. The number of nitrogens with zero attached hydrogens (tertiary/aromatic N) is 3. The van der Waals surface area contributed by atoms with Gasteiger partial charge in [0.2, 0.25) is 0 Å². The van der Waals surface area contributed by atoms with Crippen LogP contribution in [0, 0.1) is 0 Å². The van der Waals surface area contributed by atoms with Crippen molar-refractivity contribution in [3.8, 4) is 0 Å². The number of pyridine rings is 1. The van der Waals surface area contributed by atoms with Crippen molar-refractivity contribution in [2.45, 2.75) is 12.5 Å². The molecule has 0 aliphatic rings. The third-order valence-electron chi connectivity index (χ3n) is 2.40. The van der Waals surface area contributed by atoms with E-state index in [1.807, 2.05) is 29.9 Å². The maximum atomic E-state index is 10.1. The number of aromatic nitrogens is 3. The van der Waals surface area contributed by atoms with Crippen LogP contribution in [-0.2, 0) is 13.5 Å². The lowest BCUT2D eigenvalue weighted by Crippen LogP contribution is -2.08. The van der Waals surface area contributed by atoms with Crippen LogP contribution in [0.5, 0.6) is 0 Å². The highest BCUT2D eigenvalue weighted by molar-refractivity contribution is 9.10. The monoisotopic (exact) mass is 281 g/mol. The van der Waals surface area contributed by atoms with Crippen LogP contribution in [0.1, 0.15) is 17.6 Å². The van der Waals surface area contributed by atoms with Gasteiger partial charge in [-0.2, -0.15) is 0 Å². The van der Waals surface area contributed by atoms with Gasteiger partial charge in [-0.25, -0.2) is 4.98 Å². The zero-order valence-electron chi connectivity index (χ0n) is 8.84. The fourth-order valence-electron chi connectivity index (χ4n) is 1.51. The van der Waals surface area contributed by atoms with Gasteiger partial charge in [-0.3, -0.25) is 4.98 Å². The molecule has 1 atom stereocenters. The minimum absolute atomic E-state index is 0.457. The number of hydrogen-bond acceptors (Lipinski definition) is 3. The van der Waals surface area contributed by atoms with Gasteiger partial charge in [-0.15, -0.1) is 0 Å². The molecule has 2 heterocycles. The topological polar surface area (TPSA) is 50.9 Å². The van der Waals surface area contributed by atoms with Gasteiger partial charge in [0.15, 0.2) is 0 Å². The minimum Gasteiger partial charge on any atom is -0.386 e. The van der Waals surface area contributed by atoms with E-state index in [1.165, 1.54) is 0 Å². The van der Waals surface area contributed by atoms with E-state index < -0.39 is 6.10 Å². The second-order valence-corrected chi connectivity index (χ2v) is 4.40. The Bertz CT molecular complexity index is 484. The van der Waals surface area contributed by atoms with E-state index >= 15 is 0 Å². The molecule has 0 bridgehead atoms. The van der Waals surface area contributed by atoms with Gasteiger partial charge in [0.05, 0.1) is 5.69 Å². The van der Waals surface area contributed by atoms with E-state index in [1.54, 1.807) is 12.4 Å². The molecule has 1 unspecified atom stereocenters. The summed E-state index contributed by atoms with van der Waals surface area (Å²) in [6.45, 7) is 0. The number of imidazole rings is 1. The lowest BCUT2D eigenvalue weighted by Gasteiger charge is -2.11. The van der Waals surface area contributed by atoms with Crippen molar-refractivity contribution in [3.63, 3.8) is 0 Å². The molecule has 84 valence electrons. The maximum Gasteiger partial charge on any atom is 0.111 e.